The third-order valence-corrected chi connectivity index (χ3v) is 2.23. The van der Waals surface area contributed by atoms with Crippen molar-refractivity contribution in [2.45, 2.75) is 19.3 Å². The van der Waals surface area contributed by atoms with Crippen molar-refractivity contribution in [2.24, 2.45) is 0 Å². The van der Waals surface area contributed by atoms with Crippen molar-refractivity contribution in [1.29, 1.82) is 0 Å². The second-order valence-electron chi connectivity index (χ2n) is 1.67. The first-order valence-corrected chi connectivity index (χ1v) is 3.73. The van der Waals surface area contributed by atoms with E-state index in [0.29, 0.717) is 0 Å². The van der Waals surface area contributed by atoms with Crippen LogP contribution in [0.15, 0.2) is 0 Å². The summed E-state index contributed by atoms with van der Waals surface area (Å²) in [4.78, 5) is 0. The number of hydrogen-bond donors (Lipinski definition) is 0. The van der Waals surface area contributed by atoms with Crippen LogP contribution in [0.3, 0.4) is 0 Å². The average molecular weight is 106 g/mol. The maximum absolute atomic E-state index is 2.09. The molecule has 1 rings (SSSR count). The van der Waals surface area contributed by atoms with Gasteiger partial charge in [0.15, 0.2) is 0 Å². The third-order valence-electron chi connectivity index (χ3n) is 1.08. The first-order chi connectivity index (χ1) is 3.00. The quantitative estimate of drug-likeness (QED) is 0.454. The molecule has 1 aliphatic heterocycles. The number of thioether (sulfide) groups is 1. The van der Waals surface area contributed by atoms with Crippen molar-refractivity contribution < 1.29 is 6.15 Å². The SMILES string of the molecule is C1CCSCC1.[He]. The van der Waals surface area contributed by atoms with Gasteiger partial charge in [-0.05, 0) is 24.3 Å². The molecular formula is C5H10HeS. The Balaban J connectivity index is 0.000000360. The summed E-state index contributed by atoms with van der Waals surface area (Å²) in [5.41, 5.74) is 0. The molecule has 0 bridgehead atoms. The summed E-state index contributed by atoms with van der Waals surface area (Å²) in [6.07, 6.45) is 4.41. The molecule has 7 heavy (non-hydrogen) atoms. The molecule has 2 heteroatoms. The summed E-state index contributed by atoms with van der Waals surface area (Å²) >= 11 is 2.09. The van der Waals surface area contributed by atoms with Gasteiger partial charge in [0.1, 0.15) is 0 Å². The predicted molar refractivity (Wildman–Crippen MR) is 31.2 cm³/mol. The van der Waals surface area contributed by atoms with Crippen molar-refractivity contribution in [2.75, 3.05) is 11.5 Å². The minimum Gasteiger partial charge on any atom is -0.162 e. The molecule has 0 radical (unpaired) electrons. The van der Waals surface area contributed by atoms with Crippen LogP contribution in [0.2, 0.25) is 0 Å². The van der Waals surface area contributed by atoms with Gasteiger partial charge < -0.3 is 0 Å². The largest absolute Gasteiger partial charge is 0.162 e. The molecule has 0 N–H and O–H groups in total. The fourth-order valence-corrected chi connectivity index (χ4v) is 1.71. The van der Waals surface area contributed by atoms with Gasteiger partial charge >= 0.3 is 0 Å². The molecule has 38 valence electrons. The van der Waals surface area contributed by atoms with E-state index in [0.717, 1.165) is 0 Å². The topological polar surface area (TPSA) is 0 Å². The van der Waals surface area contributed by atoms with Crippen LogP contribution in [-0.2, 0) is 0 Å². The van der Waals surface area contributed by atoms with E-state index in [-0.39, 0.29) is 6.15 Å². The van der Waals surface area contributed by atoms with Gasteiger partial charge in [0.25, 0.3) is 0 Å². The van der Waals surface area contributed by atoms with E-state index in [1.807, 2.05) is 0 Å². The van der Waals surface area contributed by atoms with Crippen LogP contribution in [-0.4, -0.2) is 11.5 Å². The van der Waals surface area contributed by atoms with Gasteiger partial charge in [0.05, 0.1) is 0 Å². The Kier molecular flexibility index (Phi) is 4.58. The molecule has 1 fully saturated rings. The van der Waals surface area contributed by atoms with Crippen molar-refractivity contribution in [3.63, 3.8) is 0 Å². The van der Waals surface area contributed by atoms with E-state index in [1.54, 1.807) is 0 Å². The van der Waals surface area contributed by atoms with Gasteiger partial charge in [0, 0.05) is 6.15 Å². The molecule has 0 aromatic carbocycles. The van der Waals surface area contributed by atoms with Crippen LogP contribution in [0.4, 0.5) is 0 Å². The van der Waals surface area contributed by atoms with Crippen molar-refractivity contribution in [3.8, 4) is 0 Å². The van der Waals surface area contributed by atoms with Crippen LogP contribution in [0.1, 0.15) is 19.3 Å². The van der Waals surface area contributed by atoms with Gasteiger partial charge in [-0.1, -0.05) is 6.42 Å². The Morgan fingerprint density at radius 1 is 0.857 bits per heavy atom. The Morgan fingerprint density at radius 3 is 1.57 bits per heavy atom. The Morgan fingerprint density at radius 2 is 1.43 bits per heavy atom. The molecule has 0 aromatic heterocycles. The van der Waals surface area contributed by atoms with Gasteiger partial charge in [-0.2, -0.15) is 11.8 Å². The molecule has 0 atom stereocenters. The summed E-state index contributed by atoms with van der Waals surface area (Å²) in [6.45, 7) is 0. The van der Waals surface area contributed by atoms with Gasteiger partial charge in [0.2, 0.25) is 0 Å². The molecule has 0 saturated carbocycles. The normalized spacial score (nSPS) is 20.6. The third kappa shape index (κ3) is 2.90. The summed E-state index contributed by atoms with van der Waals surface area (Å²) < 4.78 is 0. The molecule has 1 heterocycles. The monoisotopic (exact) mass is 106 g/mol. The van der Waals surface area contributed by atoms with Crippen LogP contribution in [0.5, 0.6) is 0 Å². The fourth-order valence-electron chi connectivity index (χ4n) is 0.687. The summed E-state index contributed by atoms with van der Waals surface area (Å²) in [7, 11) is 0. The van der Waals surface area contributed by atoms with Crippen molar-refractivity contribution in [1.82, 2.24) is 0 Å². The van der Waals surface area contributed by atoms with E-state index in [2.05, 4.69) is 11.8 Å². The maximum Gasteiger partial charge on any atom is 0 e. The van der Waals surface area contributed by atoms with Crippen LogP contribution in [0, 0.1) is 6.15 Å². The fraction of sp³-hybridized carbons (Fsp3) is 1.00. The molecule has 1 saturated heterocycles. The minimum absolute atomic E-state index is 0. The summed E-state index contributed by atoms with van der Waals surface area (Å²) in [5.74, 6) is 2.83. The van der Waals surface area contributed by atoms with Gasteiger partial charge in [-0.3, -0.25) is 0 Å². The van der Waals surface area contributed by atoms with E-state index < -0.39 is 0 Å². The standard InChI is InChI=1S/C5H10S.He/c1-2-4-6-5-3-1;/h1-5H2;. The van der Waals surface area contributed by atoms with E-state index in [4.69, 9.17) is 0 Å². The van der Waals surface area contributed by atoms with Gasteiger partial charge in [-0.15, -0.1) is 0 Å². The molecule has 1 aliphatic rings. The van der Waals surface area contributed by atoms with E-state index in [9.17, 15) is 0 Å². The Labute approximate surface area is 49.5 Å². The molecule has 0 unspecified atom stereocenters. The predicted octanol–water partition coefficient (Wildman–Crippen LogP) is 1.90. The molecule has 0 aliphatic carbocycles. The first-order valence-electron chi connectivity index (χ1n) is 2.58. The molecule has 0 aromatic rings. The maximum atomic E-state index is 2.09. The van der Waals surface area contributed by atoms with Crippen LogP contribution < -0.4 is 0 Å². The van der Waals surface area contributed by atoms with E-state index in [1.165, 1.54) is 30.8 Å². The molecule has 0 spiro atoms. The number of hydrogen-bond acceptors (Lipinski definition) is 1. The second kappa shape index (κ2) is 4.42. The summed E-state index contributed by atoms with van der Waals surface area (Å²) in [5, 5.41) is 0. The van der Waals surface area contributed by atoms with Crippen molar-refractivity contribution >= 4 is 11.8 Å². The van der Waals surface area contributed by atoms with E-state index >= 15 is 0 Å². The minimum atomic E-state index is 0. The molecule has 0 amide bonds. The molecular weight excluding hydrogens is 96.1 g/mol. The summed E-state index contributed by atoms with van der Waals surface area (Å²) in [6, 6.07) is 0. The molecule has 0 nitrogen and oxygen atoms in total. The van der Waals surface area contributed by atoms with Crippen LogP contribution >= 0.6 is 11.8 Å². The number of rotatable bonds is 0. The Hall–Kier alpha value is 0.259. The first kappa shape index (κ1) is 7.26. The zero-order chi connectivity index (χ0) is 4.24. The average Bonchev–Trinajstić information content (AvgIpc) is 1.72. The Bertz CT molecular complexity index is 23.6. The van der Waals surface area contributed by atoms with Crippen LogP contribution in [0.25, 0.3) is 0 Å². The van der Waals surface area contributed by atoms with Gasteiger partial charge in [-0.25, -0.2) is 0 Å². The zero-order valence-electron chi connectivity index (χ0n) is 4.65. The van der Waals surface area contributed by atoms with Crippen molar-refractivity contribution in [3.05, 3.63) is 0 Å². The second-order valence-corrected chi connectivity index (χ2v) is 2.90. The zero-order valence-corrected chi connectivity index (χ0v) is 5.47. The smallest absolute Gasteiger partial charge is 0 e.